The minimum absolute atomic E-state index is 0.725. The van der Waals surface area contributed by atoms with E-state index >= 15 is 0 Å². The number of aromatic nitrogens is 3. The average molecular weight is 668 g/mol. The molecule has 0 bridgehead atoms. The molecule has 238 valence electrons. The highest BCUT2D eigenvalue weighted by Gasteiger charge is 2.17. The molecule has 0 N–H and O–H groups in total. The normalized spacial score (nSPS) is 11.5. The van der Waals surface area contributed by atoms with Gasteiger partial charge < -0.3 is 0 Å². The number of fused-ring (bicyclic) bond motifs is 6. The second-order valence-corrected chi connectivity index (χ2v) is 13.9. The fourth-order valence-corrected chi connectivity index (χ4v) is 8.25. The van der Waals surface area contributed by atoms with Crippen LogP contribution in [0.15, 0.2) is 176 Å². The van der Waals surface area contributed by atoms with E-state index in [-0.39, 0.29) is 0 Å². The van der Waals surface area contributed by atoms with Crippen LogP contribution in [0.4, 0.5) is 0 Å². The summed E-state index contributed by atoms with van der Waals surface area (Å²) in [6.07, 6.45) is 1.96. The Hall–Kier alpha value is -6.49. The number of benzene rings is 7. The van der Waals surface area contributed by atoms with Crippen LogP contribution in [0.1, 0.15) is 0 Å². The molecular weight excluding hydrogens is 639 g/mol. The lowest BCUT2D eigenvalue weighted by molar-refractivity contribution is 1.24. The van der Waals surface area contributed by atoms with Crippen LogP contribution in [0.25, 0.3) is 98.0 Å². The second-order valence-electron chi connectivity index (χ2n) is 12.9. The van der Waals surface area contributed by atoms with Crippen molar-refractivity contribution in [3.63, 3.8) is 0 Å². The molecule has 0 radical (unpaired) electrons. The lowest BCUT2D eigenvalue weighted by Gasteiger charge is -2.10. The molecule has 0 spiro atoms. The van der Waals surface area contributed by atoms with Gasteiger partial charge in [-0.05, 0) is 57.0 Å². The van der Waals surface area contributed by atoms with Crippen LogP contribution in [0.3, 0.4) is 0 Å². The molecule has 0 aliphatic carbocycles. The van der Waals surface area contributed by atoms with Crippen LogP contribution < -0.4 is 0 Å². The molecule has 3 heterocycles. The van der Waals surface area contributed by atoms with Crippen molar-refractivity contribution < 1.29 is 0 Å². The quantitative estimate of drug-likeness (QED) is 0.171. The van der Waals surface area contributed by atoms with Crippen LogP contribution in [-0.2, 0) is 0 Å². The van der Waals surface area contributed by atoms with Gasteiger partial charge in [-0.1, -0.05) is 152 Å². The topological polar surface area (TPSA) is 38.7 Å². The van der Waals surface area contributed by atoms with Crippen LogP contribution in [0, 0.1) is 0 Å². The smallest absolute Gasteiger partial charge is 0.160 e. The molecule has 7 aromatic carbocycles. The SMILES string of the molecule is c1ccc(-c2ccc(-c3nc(-c4cccc(-c5ccc(-c6ccc7c(c6)ncc6ccccc67)cc5)c4)nc4c3sc3ccccc34)cc2)cc1. The van der Waals surface area contributed by atoms with Gasteiger partial charge in [0.2, 0.25) is 0 Å². The van der Waals surface area contributed by atoms with E-state index in [9.17, 15) is 0 Å². The highest BCUT2D eigenvalue weighted by molar-refractivity contribution is 7.26. The molecule has 0 aliphatic rings. The molecule has 0 saturated carbocycles. The summed E-state index contributed by atoms with van der Waals surface area (Å²) in [5, 5.41) is 4.72. The zero-order valence-electron chi connectivity index (χ0n) is 27.5. The predicted octanol–water partition coefficient (Wildman–Crippen LogP) is 12.9. The minimum Gasteiger partial charge on any atom is -0.256 e. The molecule has 0 amide bonds. The molecule has 3 nitrogen and oxygen atoms in total. The van der Waals surface area contributed by atoms with E-state index < -0.39 is 0 Å². The van der Waals surface area contributed by atoms with Crippen molar-refractivity contribution in [2.24, 2.45) is 0 Å². The zero-order chi connectivity index (χ0) is 33.7. The highest BCUT2D eigenvalue weighted by Crippen LogP contribution is 2.40. The van der Waals surface area contributed by atoms with Gasteiger partial charge >= 0.3 is 0 Å². The molecule has 51 heavy (non-hydrogen) atoms. The Morgan fingerprint density at radius 3 is 1.78 bits per heavy atom. The third-order valence-corrected chi connectivity index (χ3v) is 10.9. The maximum atomic E-state index is 5.26. The Kier molecular flexibility index (Phi) is 7.00. The number of pyridine rings is 1. The summed E-state index contributed by atoms with van der Waals surface area (Å²) in [5.74, 6) is 0.725. The molecule has 3 aromatic heterocycles. The van der Waals surface area contributed by atoms with Crippen LogP contribution in [-0.4, -0.2) is 15.0 Å². The van der Waals surface area contributed by atoms with Crippen molar-refractivity contribution >= 4 is 53.3 Å². The van der Waals surface area contributed by atoms with Gasteiger partial charge in [-0.25, -0.2) is 9.97 Å². The van der Waals surface area contributed by atoms with Gasteiger partial charge in [-0.2, -0.15) is 0 Å². The van der Waals surface area contributed by atoms with Crippen LogP contribution in [0.5, 0.6) is 0 Å². The molecule has 10 rings (SSSR count). The molecule has 0 aliphatic heterocycles. The summed E-state index contributed by atoms with van der Waals surface area (Å²) in [6, 6.07) is 60.1. The average Bonchev–Trinajstić information content (AvgIpc) is 3.59. The Morgan fingerprint density at radius 2 is 0.980 bits per heavy atom. The maximum absolute atomic E-state index is 5.26. The predicted molar refractivity (Wildman–Crippen MR) is 215 cm³/mol. The van der Waals surface area contributed by atoms with E-state index in [1.54, 1.807) is 11.3 Å². The molecule has 0 fully saturated rings. The molecule has 0 unspecified atom stereocenters. The van der Waals surface area contributed by atoms with Gasteiger partial charge in [0.25, 0.3) is 0 Å². The van der Waals surface area contributed by atoms with Crippen molar-refractivity contribution in [1.82, 2.24) is 15.0 Å². The summed E-state index contributed by atoms with van der Waals surface area (Å²) in [6.45, 7) is 0. The summed E-state index contributed by atoms with van der Waals surface area (Å²) < 4.78 is 2.32. The van der Waals surface area contributed by atoms with E-state index in [1.807, 2.05) is 12.3 Å². The van der Waals surface area contributed by atoms with Crippen molar-refractivity contribution in [3.8, 4) is 56.0 Å². The van der Waals surface area contributed by atoms with E-state index in [4.69, 9.17) is 15.0 Å². The number of thiophene rings is 1. The monoisotopic (exact) mass is 667 g/mol. The number of hydrogen-bond donors (Lipinski definition) is 0. The molecule has 10 aromatic rings. The van der Waals surface area contributed by atoms with Gasteiger partial charge in [-0.3, -0.25) is 4.98 Å². The molecule has 0 atom stereocenters. The highest BCUT2D eigenvalue weighted by atomic mass is 32.1. The van der Waals surface area contributed by atoms with E-state index in [2.05, 4.69) is 164 Å². The maximum Gasteiger partial charge on any atom is 0.160 e. The second kappa shape index (κ2) is 12.1. The van der Waals surface area contributed by atoms with Gasteiger partial charge in [0.05, 0.1) is 21.4 Å². The third-order valence-electron chi connectivity index (χ3n) is 9.75. The zero-order valence-corrected chi connectivity index (χ0v) is 28.3. The summed E-state index contributed by atoms with van der Waals surface area (Å²) >= 11 is 1.76. The van der Waals surface area contributed by atoms with Crippen LogP contribution >= 0.6 is 11.3 Å². The van der Waals surface area contributed by atoms with E-state index in [0.29, 0.717) is 0 Å². The fourth-order valence-electron chi connectivity index (χ4n) is 7.10. The van der Waals surface area contributed by atoms with E-state index in [1.165, 1.54) is 26.6 Å². The van der Waals surface area contributed by atoms with Crippen LogP contribution in [0.2, 0.25) is 0 Å². The van der Waals surface area contributed by atoms with Gasteiger partial charge in [-0.15, -0.1) is 11.3 Å². The van der Waals surface area contributed by atoms with Crippen molar-refractivity contribution in [2.75, 3.05) is 0 Å². The Balaban J connectivity index is 1.02. The molecular formula is C47H29N3S. The third kappa shape index (κ3) is 5.25. The number of rotatable bonds is 5. The lowest BCUT2D eigenvalue weighted by Crippen LogP contribution is -1.94. The first-order valence-electron chi connectivity index (χ1n) is 17.1. The molecule has 0 saturated heterocycles. The standard InChI is InChI=1S/C47H29N3S/c1-2-9-30(10-3-1)31-21-23-34(24-22-31)44-46-45(41-15-6-7-16-43(41)51-46)50-47(49-44)37-13-8-12-35(27-37)32-17-19-33(20-18-32)36-25-26-40-39-14-5-4-11-38(39)29-48-42(40)28-36/h1-29H. The molecule has 4 heteroatoms. The van der Waals surface area contributed by atoms with Crippen molar-refractivity contribution in [2.45, 2.75) is 0 Å². The summed E-state index contributed by atoms with van der Waals surface area (Å²) in [4.78, 5) is 15.2. The van der Waals surface area contributed by atoms with Gasteiger partial charge in [0.15, 0.2) is 5.82 Å². The Morgan fingerprint density at radius 1 is 0.392 bits per heavy atom. The summed E-state index contributed by atoms with van der Waals surface area (Å²) in [5.41, 5.74) is 12.0. The largest absolute Gasteiger partial charge is 0.256 e. The van der Waals surface area contributed by atoms with Gasteiger partial charge in [0, 0.05) is 38.2 Å². The first kappa shape index (κ1) is 29.4. The lowest BCUT2D eigenvalue weighted by atomic mass is 9.97. The fraction of sp³-hybridized carbons (Fsp3) is 0. The van der Waals surface area contributed by atoms with E-state index in [0.717, 1.165) is 71.4 Å². The Bertz CT molecular complexity index is 2890. The minimum atomic E-state index is 0.725. The number of nitrogens with zero attached hydrogens (tertiary/aromatic N) is 3. The van der Waals surface area contributed by atoms with Gasteiger partial charge in [0.1, 0.15) is 0 Å². The summed E-state index contributed by atoms with van der Waals surface area (Å²) in [7, 11) is 0. The first-order valence-corrected chi connectivity index (χ1v) is 17.9. The van der Waals surface area contributed by atoms with Crippen molar-refractivity contribution in [3.05, 3.63) is 176 Å². The Labute approximate surface area is 299 Å². The number of hydrogen-bond acceptors (Lipinski definition) is 4. The van der Waals surface area contributed by atoms with Crippen molar-refractivity contribution in [1.29, 1.82) is 0 Å². The first-order chi connectivity index (χ1) is 25.2.